The largest absolute Gasteiger partial charge is 0.368 e. The lowest BCUT2D eigenvalue weighted by Gasteiger charge is -2.35. The zero-order valence-electron chi connectivity index (χ0n) is 11.9. The molecule has 0 amide bonds. The van der Waals surface area contributed by atoms with Gasteiger partial charge in [0.05, 0.1) is 4.90 Å². The molecule has 0 aliphatic carbocycles. The molecule has 0 spiro atoms. The summed E-state index contributed by atoms with van der Waals surface area (Å²) in [5.41, 5.74) is 0.861. The van der Waals surface area contributed by atoms with Crippen molar-refractivity contribution in [1.82, 2.24) is 5.32 Å². The van der Waals surface area contributed by atoms with Crippen molar-refractivity contribution in [2.75, 3.05) is 24.5 Å². The maximum absolute atomic E-state index is 12.5. The van der Waals surface area contributed by atoms with E-state index in [0.717, 1.165) is 38.2 Å². The van der Waals surface area contributed by atoms with Gasteiger partial charge in [-0.25, -0.2) is 8.42 Å². The third kappa shape index (κ3) is 3.52. The molecular formula is C14H20F2N2O2S. The Labute approximate surface area is 124 Å². The van der Waals surface area contributed by atoms with Crippen LogP contribution in [-0.4, -0.2) is 39.9 Å². The van der Waals surface area contributed by atoms with Gasteiger partial charge in [0.15, 0.2) is 0 Å². The van der Waals surface area contributed by atoms with Crippen LogP contribution in [0.4, 0.5) is 14.5 Å². The number of sulfone groups is 1. The molecular weight excluding hydrogens is 298 g/mol. The van der Waals surface area contributed by atoms with Crippen molar-refractivity contribution in [2.24, 2.45) is 0 Å². The van der Waals surface area contributed by atoms with Crippen molar-refractivity contribution in [1.29, 1.82) is 0 Å². The zero-order valence-corrected chi connectivity index (χ0v) is 12.7. The number of rotatable bonds is 5. The molecule has 1 fully saturated rings. The number of likely N-dealkylation sites (N-methyl/N-ethyl adjacent to an activating group) is 1. The first-order valence-corrected chi connectivity index (χ1v) is 8.61. The number of benzene rings is 1. The van der Waals surface area contributed by atoms with Crippen LogP contribution in [-0.2, 0) is 9.84 Å². The average molecular weight is 318 g/mol. The molecule has 21 heavy (non-hydrogen) atoms. The van der Waals surface area contributed by atoms with Crippen molar-refractivity contribution in [2.45, 2.75) is 36.5 Å². The second-order valence-corrected chi connectivity index (χ2v) is 7.00. The number of alkyl halides is 2. The van der Waals surface area contributed by atoms with Crippen LogP contribution in [0.3, 0.4) is 0 Å². The van der Waals surface area contributed by atoms with Crippen molar-refractivity contribution in [3.63, 3.8) is 0 Å². The summed E-state index contributed by atoms with van der Waals surface area (Å²) in [4.78, 5) is 1.84. The van der Waals surface area contributed by atoms with Crippen LogP contribution in [0.2, 0.25) is 0 Å². The maximum atomic E-state index is 12.5. The fourth-order valence-electron chi connectivity index (χ4n) is 2.68. The highest BCUT2D eigenvalue weighted by molar-refractivity contribution is 7.91. The van der Waals surface area contributed by atoms with Gasteiger partial charge in [0.25, 0.3) is 0 Å². The standard InChI is InChI=1S/C14H20F2N2O2S/c1-2-18(12-4-3-9-17-10-12)11-5-7-13(8-6-11)21(19,20)14(15)16/h5-8,12,14,17H,2-4,9-10H2,1H3. The molecule has 1 aliphatic heterocycles. The fraction of sp³-hybridized carbons (Fsp3) is 0.571. The first-order chi connectivity index (χ1) is 9.96. The van der Waals surface area contributed by atoms with E-state index in [1.807, 2.05) is 6.92 Å². The first-order valence-electron chi connectivity index (χ1n) is 7.06. The lowest BCUT2D eigenvalue weighted by molar-refractivity contribution is 0.234. The topological polar surface area (TPSA) is 49.4 Å². The quantitative estimate of drug-likeness (QED) is 0.905. The normalized spacial score (nSPS) is 19.7. The van der Waals surface area contributed by atoms with E-state index in [9.17, 15) is 17.2 Å². The molecule has 1 N–H and O–H groups in total. The van der Waals surface area contributed by atoms with Crippen LogP contribution < -0.4 is 10.2 Å². The third-order valence-electron chi connectivity index (χ3n) is 3.78. The molecule has 1 aromatic carbocycles. The predicted octanol–water partition coefficient (Wildman–Crippen LogP) is 2.26. The Balaban J connectivity index is 2.20. The van der Waals surface area contributed by atoms with Crippen LogP contribution in [0.15, 0.2) is 29.2 Å². The van der Waals surface area contributed by atoms with E-state index in [0.29, 0.717) is 6.04 Å². The number of hydrogen-bond acceptors (Lipinski definition) is 4. The van der Waals surface area contributed by atoms with Crippen LogP contribution >= 0.6 is 0 Å². The molecule has 7 heteroatoms. The first kappa shape index (κ1) is 16.2. The lowest BCUT2D eigenvalue weighted by Crippen LogP contribution is -2.46. The zero-order chi connectivity index (χ0) is 15.5. The summed E-state index contributed by atoms with van der Waals surface area (Å²) in [6.45, 7) is 4.70. The van der Waals surface area contributed by atoms with Gasteiger partial charge in [0, 0.05) is 24.8 Å². The SMILES string of the molecule is CCN(c1ccc(S(=O)(=O)C(F)F)cc1)C1CCCNC1. The Hall–Kier alpha value is -1.21. The van der Waals surface area contributed by atoms with Crippen molar-refractivity contribution in [3.8, 4) is 0 Å². The van der Waals surface area contributed by atoms with E-state index in [2.05, 4.69) is 10.2 Å². The molecule has 1 aromatic rings. The Morgan fingerprint density at radius 1 is 1.33 bits per heavy atom. The minimum atomic E-state index is -4.52. The Morgan fingerprint density at radius 2 is 2.00 bits per heavy atom. The molecule has 1 aliphatic rings. The summed E-state index contributed by atoms with van der Waals surface area (Å²) in [5.74, 6) is -3.38. The fourth-order valence-corrected chi connectivity index (χ4v) is 3.40. The van der Waals surface area contributed by atoms with Gasteiger partial charge in [-0.15, -0.1) is 0 Å². The average Bonchev–Trinajstić information content (AvgIpc) is 2.49. The number of nitrogens with one attached hydrogen (secondary N) is 1. The highest BCUT2D eigenvalue weighted by Crippen LogP contribution is 2.24. The summed E-state index contributed by atoms with van der Waals surface area (Å²) in [5, 5.41) is 3.33. The minimum absolute atomic E-state index is 0.334. The molecule has 1 atom stereocenters. The van der Waals surface area contributed by atoms with E-state index >= 15 is 0 Å². The molecule has 0 bridgehead atoms. The third-order valence-corrected chi connectivity index (χ3v) is 5.18. The number of nitrogens with zero attached hydrogens (tertiary/aromatic N) is 1. The number of anilines is 1. The van der Waals surface area contributed by atoms with Crippen LogP contribution in [0, 0.1) is 0 Å². The van der Waals surface area contributed by atoms with Gasteiger partial charge in [-0.05, 0) is 50.6 Å². The highest BCUT2D eigenvalue weighted by atomic mass is 32.2. The highest BCUT2D eigenvalue weighted by Gasteiger charge is 2.27. The summed E-state index contributed by atoms with van der Waals surface area (Å²) < 4.78 is 47.8. The molecule has 0 aromatic heterocycles. The number of hydrogen-bond donors (Lipinski definition) is 1. The van der Waals surface area contributed by atoms with Crippen LogP contribution in [0.1, 0.15) is 19.8 Å². The van der Waals surface area contributed by atoms with Crippen molar-refractivity contribution < 1.29 is 17.2 Å². The summed E-state index contributed by atoms with van der Waals surface area (Å²) in [7, 11) is -4.52. The predicted molar refractivity (Wildman–Crippen MR) is 78.5 cm³/mol. The van der Waals surface area contributed by atoms with Crippen molar-refractivity contribution in [3.05, 3.63) is 24.3 Å². The Morgan fingerprint density at radius 3 is 2.48 bits per heavy atom. The lowest BCUT2D eigenvalue weighted by atomic mass is 10.1. The molecule has 118 valence electrons. The Kier molecular flexibility index (Phi) is 5.16. The second kappa shape index (κ2) is 6.70. The number of piperidine rings is 1. The van der Waals surface area contributed by atoms with Gasteiger partial charge in [0.2, 0.25) is 9.84 Å². The van der Waals surface area contributed by atoms with E-state index in [-0.39, 0.29) is 4.90 Å². The molecule has 1 saturated heterocycles. The van der Waals surface area contributed by atoms with Crippen molar-refractivity contribution >= 4 is 15.5 Å². The smallest absolute Gasteiger partial charge is 0.341 e. The minimum Gasteiger partial charge on any atom is -0.368 e. The summed E-state index contributed by atoms with van der Waals surface area (Å²) in [6, 6.07) is 6.08. The molecule has 1 unspecified atom stereocenters. The van der Waals surface area contributed by atoms with E-state index in [4.69, 9.17) is 0 Å². The molecule has 0 radical (unpaired) electrons. The molecule has 0 saturated carbocycles. The molecule has 2 rings (SSSR count). The van der Waals surface area contributed by atoms with Gasteiger partial charge < -0.3 is 10.2 Å². The second-order valence-electron chi connectivity index (χ2n) is 5.09. The molecule has 4 nitrogen and oxygen atoms in total. The van der Waals surface area contributed by atoms with E-state index in [1.54, 1.807) is 12.1 Å². The monoisotopic (exact) mass is 318 g/mol. The maximum Gasteiger partial charge on any atom is 0.341 e. The Bertz CT molecular complexity index is 555. The van der Waals surface area contributed by atoms with Gasteiger partial charge in [-0.1, -0.05) is 0 Å². The molecule has 1 heterocycles. The van der Waals surface area contributed by atoms with Gasteiger partial charge in [0.1, 0.15) is 0 Å². The van der Waals surface area contributed by atoms with Crippen LogP contribution in [0.5, 0.6) is 0 Å². The van der Waals surface area contributed by atoms with E-state index in [1.165, 1.54) is 12.1 Å². The van der Waals surface area contributed by atoms with Gasteiger partial charge in [-0.3, -0.25) is 0 Å². The van der Waals surface area contributed by atoms with Crippen LogP contribution in [0.25, 0.3) is 0 Å². The number of halogens is 2. The van der Waals surface area contributed by atoms with E-state index < -0.39 is 15.6 Å². The summed E-state index contributed by atoms with van der Waals surface area (Å²) >= 11 is 0. The summed E-state index contributed by atoms with van der Waals surface area (Å²) in [6.07, 6.45) is 2.16. The van der Waals surface area contributed by atoms with Gasteiger partial charge >= 0.3 is 5.76 Å². The van der Waals surface area contributed by atoms with Gasteiger partial charge in [-0.2, -0.15) is 8.78 Å².